The van der Waals surface area contributed by atoms with Gasteiger partial charge in [-0.1, -0.05) is 6.92 Å². The molecule has 1 aliphatic carbocycles. The molecule has 1 saturated carbocycles. The van der Waals surface area contributed by atoms with E-state index in [1.807, 2.05) is 13.0 Å². The lowest BCUT2D eigenvalue weighted by Gasteiger charge is -2.32. The van der Waals surface area contributed by atoms with Crippen molar-refractivity contribution < 1.29 is 4.39 Å². The minimum atomic E-state index is -0.320. The number of hydrogen-bond acceptors (Lipinski definition) is 2. The van der Waals surface area contributed by atoms with Crippen LogP contribution in [-0.2, 0) is 0 Å². The Hall–Kier alpha value is -0.960. The third-order valence-electron chi connectivity index (χ3n) is 4.47. The van der Waals surface area contributed by atoms with E-state index in [9.17, 15) is 4.39 Å². The lowest BCUT2D eigenvalue weighted by molar-refractivity contribution is 0.277. The van der Waals surface area contributed by atoms with Crippen molar-refractivity contribution in [1.29, 1.82) is 0 Å². The maximum Gasteiger partial charge on any atom is 0.216 e. The number of hydrogen-bond donors (Lipinski definition) is 1. The highest BCUT2D eigenvalue weighted by molar-refractivity contribution is 5.27. The van der Waals surface area contributed by atoms with Gasteiger partial charge in [0.15, 0.2) is 0 Å². The minimum absolute atomic E-state index is 0.320. The van der Waals surface area contributed by atoms with Gasteiger partial charge in [0.2, 0.25) is 5.95 Å². The summed E-state index contributed by atoms with van der Waals surface area (Å²) < 4.78 is 13.5. The highest BCUT2D eigenvalue weighted by atomic mass is 19.1. The quantitative estimate of drug-likeness (QED) is 0.833. The van der Waals surface area contributed by atoms with Gasteiger partial charge < -0.3 is 5.73 Å². The second-order valence-corrected chi connectivity index (χ2v) is 5.50. The molecule has 1 aromatic heterocycles. The summed E-state index contributed by atoms with van der Waals surface area (Å²) in [5, 5.41) is 0. The normalized spacial score (nSPS) is 26.0. The zero-order valence-corrected chi connectivity index (χ0v) is 11.3. The van der Waals surface area contributed by atoms with E-state index in [0.29, 0.717) is 17.9 Å². The number of aromatic nitrogens is 1. The van der Waals surface area contributed by atoms with Gasteiger partial charge in [-0.25, -0.2) is 4.98 Å². The van der Waals surface area contributed by atoms with Gasteiger partial charge in [-0.15, -0.1) is 0 Å². The van der Waals surface area contributed by atoms with Crippen LogP contribution in [0.3, 0.4) is 0 Å². The van der Waals surface area contributed by atoms with E-state index in [1.54, 1.807) is 6.20 Å². The van der Waals surface area contributed by atoms with Gasteiger partial charge in [-0.05, 0) is 62.5 Å². The fraction of sp³-hybridized carbons (Fsp3) is 0.667. The summed E-state index contributed by atoms with van der Waals surface area (Å²) >= 11 is 0. The summed E-state index contributed by atoms with van der Waals surface area (Å²) in [5.74, 6) is 0.820. The van der Waals surface area contributed by atoms with E-state index in [4.69, 9.17) is 5.73 Å². The smallest absolute Gasteiger partial charge is 0.216 e. The predicted molar refractivity (Wildman–Crippen MR) is 71.9 cm³/mol. The van der Waals surface area contributed by atoms with Crippen molar-refractivity contribution in [3.63, 3.8) is 0 Å². The molecule has 1 heterocycles. The predicted octanol–water partition coefficient (Wildman–Crippen LogP) is 3.54. The van der Waals surface area contributed by atoms with Crippen LogP contribution in [0.4, 0.5) is 4.39 Å². The van der Waals surface area contributed by atoms with Crippen LogP contribution in [0.2, 0.25) is 0 Å². The standard InChI is InChI=1S/C15H23FN2/c1-3-14(17)12-6-4-11(5-7-12)13-8-9-18-15(16)10(13)2/h8-9,11-12,14H,3-7,17H2,1-2H3. The average Bonchev–Trinajstić information content (AvgIpc) is 2.41. The van der Waals surface area contributed by atoms with Gasteiger partial charge in [0.25, 0.3) is 0 Å². The van der Waals surface area contributed by atoms with Crippen molar-refractivity contribution in [1.82, 2.24) is 4.98 Å². The molecule has 1 aliphatic rings. The lowest BCUT2D eigenvalue weighted by Crippen LogP contribution is -2.32. The first-order valence-corrected chi connectivity index (χ1v) is 7.00. The number of rotatable bonds is 3. The monoisotopic (exact) mass is 250 g/mol. The van der Waals surface area contributed by atoms with Crippen molar-refractivity contribution in [3.05, 3.63) is 29.3 Å². The summed E-state index contributed by atoms with van der Waals surface area (Å²) in [4.78, 5) is 3.70. The molecule has 1 aromatic rings. The summed E-state index contributed by atoms with van der Waals surface area (Å²) in [5.41, 5.74) is 7.98. The summed E-state index contributed by atoms with van der Waals surface area (Å²) in [6.45, 7) is 3.99. The van der Waals surface area contributed by atoms with Crippen molar-refractivity contribution in [2.24, 2.45) is 11.7 Å². The van der Waals surface area contributed by atoms with E-state index in [1.165, 1.54) is 12.8 Å². The fourth-order valence-corrected chi connectivity index (χ4v) is 3.16. The molecule has 1 atom stereocenters. The fourth-order valence-electron chi connectivity index (χ4n) is 3.16. The van der Waals surface area contributed by atoms with Gasteiger partial charge >= 0.3 is 0 Å². The van der Waals surface area contributed by atoms with E-state index < -0.39 is 0 Å². The Bertz CT molecular complexity index is 397. The molecular formula is C15H23FN2. The maximum atomic E-state index is 13.5. The molecule has 0 aliphatic heterocycles. The second kappa shape index (κ2) is 5.79. The van der Waals surface area contributed by atoms with Gasteiger partial charge in [0, 0.05) is 17.8 Å². The van der Waals surface area contributed by atoms with Crippen molar-refractivity contribution in [2.45, 2.75) is 57.9 Å². The molecule has 100 valence electrons. The Balaban J connectivity index is 2.03. The highest BCUT2D eigenvalue weighted by Gasteiger charge is 2.26. The van der Waals surface area contributed by atoms with Crippen LogP contribution in [0.1, 0.15) is 56.1 Å². The second-order valence-electron chi connectivity index (χ2n) is 5.50. The highest BCUT2D eigenvalue weighted by Crippen LogP contribution is 2.38. The topological polar surface area (TPSA) is 38.9 Å². The molecule has 2 rings (SSSR count). The molecule has 0 aromatic carbocycles. The third kappa shape index (κ3) is 2.72. The van der Waals surface area contributed by atoms with Gasteiger partial charge in [-0.3, -0.25) is 0 Å². The summed E-state index contributed by atoms with van der Waals surface area (Å²) in [6, 6.07) is 2.31. The Morgan fingerprint density at radius 3 is 2.67 bits per heavy atom. The molecular weight excluding hydrogens is 227 g/mol. The Kier molecular flexibility index (Phi) is 4.33. The van der Waals surface area contributed by atoms with Gasteiger partial charge in [0.05, 0.1) is 0 Å². The lowest BCUT2D eigenvalue weighted by atomic mass is 9.75. The molecule has 0 saturated heterocycles. The number of halogens is 1. The molecule has 0 bridgehead atoms. The van der Waals surface area contributed by atoms with Crippen LogP contribution in [0.25, 0.3) is 0 Å². The molecule has 3 heteroatoms. The SMILES string of the molecule is CCC(N)C1CCC(c2ccnc(F)c2C)CC1. The first-order chi connectivity index (χ1) is 8.63. The molecule has 2 N–H and O–H groups in total. The van der Waals surface area contributed by atoms with Crippen molar-refractivity contribution in [2.75, 3.05) is 0 Å². The summed E-state index contributed by atoms with van der Waals surface area (Å²) in [6.07, 6.45) is 7.23. The zero-order chi connectivity index (χ0) is 13.1. The molecule has 0 radical (unpaired) electrons. The third-order valence-corrected chi connectivity index (χ3v) is 4.47. The van der Waals surface area contributed by atoms with Crippen LogP contribution < -0.4 is 5.73 Å². The van der Waals surface area contributed by atoms with Crippen molar-refractivity contribution >= 4 is 0 Å². The zero-order valence-electron chi connectivity index (χ0n) is 11.3. The van der Waals surface area contributed by atoms with E-state index in [0.717, 1.165) is 30.4 Å². The van der Waals surface area contributed by atoms with E-state index >= 15 is 0 Å². The number of nitrogens with two attached hydrogens (primary N) is 1. The van der Waals surface area contributed by atoms with Crippen LogP contribution in [0.15, 0.2) is 12.3 Å². The van der Waals surface area contributed by atoms with Crippen LogP contribution in [0, 0.1) is 18.8 Å². The van der Waals surface area contributed by atoms with E-state index in [-0.39, 0.29) is 5.95 Å². The van der Waals surface area contributed by atoms with Gasteiger partial charge in [-0.2, -0.15) is 4.39 Å². The molecule has 0 amide bonds. The largest absolute Gasteiger partial charge is 0.327 e. The van der Waals surface area contributed by atoms with Crippen LogP contribution >= 0.6 is 0 Å². The van der Waals surface area contributed by atoms with Crippen molar-refractivity contribution in [3.8, 4) is 0 Å². The summed E-state index contributed by atoms with van der Waals surface area (Å²) in [7, 11) is 0. The minimum Gasteiger partial charge on any atom is -0.327 e. The first-order valence-electron chi connectivity index (χ1n) is 7.00. The van der Waals surface area contributed by atoms with Gasteiger partial charge in [0.1, 0.15) is 0 Å². The Morgan fingerprint density at radius 1 is 1.39 bits per heavy atom. The number of nitrogens with zero attached hydrogens (tertiary/aromatic N) is 1. The molecule has 2 nitrogen and oxygen atoms in total. The molecule has 1 fully saturated rings. The Morgan fingerprint density at radius 2 is 2.06 bits per heavy atom. The Labute approximate surface area is 109 Å². The van der Waals surface area contributed by atoms with Crippen LogP contribution in [0.5, 0.6) is 0 Å². The maximum absolute atomic E-state index is 13.5. The number of pyridine rings is 1. The van der Waals surface area contributed by atoms with E-state index in [2.05, 4.69) is 11.9 Å². The molecule has 18 heavy (non-hydrogen) atoms. The average molecular weight is 250 g/mol. The first kappa shape index (κ1) is 13.5. The molecule has 1 unspecified atom stereocenters. The van der Waals surface area contributed by atoms with Crippen LogP contribution in [-0.4, -0.2) is 11.0 Å². The molecule has 0 spiro atoms.